The van der Waals surface area contributed by atoms with Gasteiger partial charge in [-0.25, -0.2) is 0 Å². The van der Waals surface area contributed by atoms with Gasteiger partial charge in [0.05, 0.1) is 18.3 Å². The van der Waals surface area contributed by atoms with E-state index in [9.17, 15) is 5.11 Å². The van der Waals surface area contributed by atoms with Crippen LogP contribution in [0.3, 0.4) is 0 Å². The lowest BCUT2D eigenvalue weighted by Gasteiger charge is -2.43. The molecule has 1 aromatic rings. The fourth-order valence-electron chi connectivity index (χ4n) is 3.12. The van der Waals surface area contributed by atoms with Gasteiger partial charge >= 0.3 is 0 Å². The van der Waals surface area contributed by atoms with Gasteiger partial charge in [-0.05, 0) is 30.2 Å². The Bertz CT molecular complexity index is 481. The van der Waals surface area contributed by atoms with Crippen molar-refractivity contribution in [2.75, 3.05) is 13.2 Å². The molecule has 3 nitrogen and oxygen atoms in total. The van der Waals surface area contributed by atoms with Gasteiger partial charge in [-0.3, -0.25) is 0 Å². The molecule has 19 heavy (non-hydrogen) atoms. The Hall–Kier alpha value is -0.770. The van der Waals surface area contributed by atoms with E-state index in [2.05, 4.69) is 0 Å². The summed E-state index contributed by atoms with van der Waals surface area (Å²) in [6, 6.07) is 3.87. The molecule has 2 aliphatic rings. The van der Waals surface area contributed by atoms with E-state index in [0.717, 1.165) is 28.3 Å². The molecule has 1 fully saturated rings. The second-order valence-corrected chi connectivity index (χ2v) is 5.97. The Kier molecular flexibility index (Phi) is 3.46. The molecule has 1 aliphatic heterocycles. The van der Waals surface area contributed by atoms with Crippen molar-refractivity contribution in [1.29, 1.82) is 0 Å². The Morgan fingerprint density at radius 1 is 1.47 bits per heavy atom. The van der Waals surface area contributed by atoms with Crippen LogP contribution in [0.15, 0.2) is 12.1 Å². The second-order valence-electron chi connectivity index (χ2n) is 5.54. The van der Waals surface area contributed by atoms with Gasteiger partial charge in [0, 0.05) is 37.3 Å². The zero-order chi connectivity index (χ0) is 13.5. The summed E-state index contributed by atoms with van der Waals surface area (Å²) >= 11 is 6.14. The topological polar surface area (TPSA) is 38.7 Å². The summed E-state index contributed by atoms with van der Waals surface area (Å²) in [6.45, 7) is 3.40. The van der Waals surface area contributed by atoms with Crippen LogP contribution in [0.1, 0.15) is 30.9 Å². The molecule has 1 aliphatic carbocycles. The minimum absolute atomic E-state index is 0.197. The molecule has 0 radical (unpaired) electrons. The average Bonchev–Trinajstić information content (AvgIpc) is 2.75. The Morgan fingerprint density at radius 2 is 2.26 bits per heavy atom. The first-order chi connectivity index (χ1) is 9.09. The molecule has 1 N–H and O–H groups in total. The van der Waals surface area contributed by atoms with Crippen LogP contribution in [0.5, 0.6) is 5.75 Å². The average molecular weight is 283 g/mol. The molecule has 3 rings (SSSR count). The van der Waals surface area contributed by atoms with E-state index < -0.39 is 5.60 Å². The van der Waals surface area contributed by atoms with E-state index in [1.807, 2.05) is 19.1 Å². The van der Waals surface area contributed by atoms with E-state index in [0.29, 0.717) is 32.5 Å². The molecule has 0 unspecified atom stereocenters. The van der Waals surface area contributed by atoms with Crippen molar-refractivity contribution in [1.82, 2.24) is 0 Å². The third-order valence-electron chi connectivity index (χ3n) is 3.96. The van der Waals surface area contributed by atoms with Crippen LogP contribution in [0.4, 0.5) is 0 Å². The van der Waals surface area contributed by atoms with Crippen molar-refractivity contribution in [3.63, 3.8) is 0 Å². The molecule has 1 aromatic carbocycles. The molecule has 0 atom stereocenters. The van der Waals surface area contributed by atoms with Crippen LogP contribution in [-0.2, 0) is 17.6 Å². The number of halogens is 1. The normalized spacial score (nSPS) is 28.7. The smallest absolute Gasteiger partial charge is 0.126 e. The van der Waals surface area contributed by atoms with E-state index in [1.54, 1.807) is 0 Å². The summed E-state index contributed by atoms with van der Waals surface area (Å²) in [6.07, 6.45) is 3.09. The summed E-state index contributed by atoms with van der Waals surface area (Å²) < 4.78 is 11.2. The van der Waals surface area contributed by atoms with Crippen molar-refractivity contribution in [2.45, 2.75) is 44.3 Å². The van der Waals surface area contributed by atoms with E-state index in [1.165, 1.54) is 0 Å². The number of benzene rings is 1. The van der Waals surface area contributed by atoms with Crippen LogP contribution in [-0.4, -0.2) is 30.0 Å². The van der Waals surface area contributed by atoms with Crippen LogP contribution in [0, 0.1) is 0 Å². The predicted octanol–water partition coefficient (Wildman–Crippen LogP) is 2.75. The van der Waals surface area contributed by atoms with Gasteiger partial charge in [0.1, 0.15) is 5.75 Å². The quantitative estimate of drug-likeness (QED) is 0.923. The SMILES string of the molecule is CCOC1CC(O)(Cc2cc(Cl)cc3c2OCC3)C1. The van der Waals surface area contributed by atoms with Gasteiger partial charge in [-0.15, -0.1) is 0 Å². The predicted molar refractivity (Wildman–Crippen MR) is 74.0 cm³/mol. The second kappa shape index (κ2) is 4.97. The maximum Gasteiger partial charge on any atom is 0.126 e. The molecular formula is C15H19ClO3. The lowest BCUT2D eigenvalue weighted by Crippen LogP contribution is -2.49. The van der Waals surface area contributed by atoms with E-state index in [4.69, 9.17) is 21.1 Å². The molecular weight excluding hydrogens is 264 g/mol. The lowest BCUT2D eigenvalue weighted by molar-refractivity contribution is -0.136. The minimum Gasteiger partial charge on any atom is -0.493 e. The molecule has 1 saturated carbocycles. The lowest BCUT2D eigenvalue weighted by atomic mass is 9.73. The van der Waals surface area contributed by atoms with Crippen LogP contribution in [0.25, 0.3) is 0 Å². The molecule has 104 valence electrons. The highest BCUT2D eigenvalue weighted by Gasteiger charge is 2.43. The molecule has 0 bridgehead atoms. The molecule has 0 spiro atoms. The van der Waals surface area contributed by atoms with Crippen LogP contribution < -0.4 is 4.74 Å². The zero-order valence-corrected chi connectivity index (χ0v) is 11.9. The third-order valence-corrected chi connectivity index (χ3v) is 4.18. The number of aliphatic hydroxyl groups is 1. The monoisotopic (exact) mass is 282 g/mol. The Balaban J connectivity index is 1.74. The number of hydrogen-bond acceptors (Lipinski definition) is 3. The van der Waals surface area contributed by atoms with Crippen LogP contribution in [0.2, 0.25) is 5.02 Å². The van der Waals surface area contributed by atoms with Gasteiger partial charge in [0.25, 0.3) is 0 Å². The largest absolute Gasteiger partial charge is 0.493 e. The molecule has 4 heteroatoms. The van der Waals surface area contributed by atoms with E-state index >= 15 is 0 Å². The minimum atomic E-state index is -0.662. The van der Waals surface area contributed by atoms with Gasteiger partial charge in [-0.1, -0.05) is 11.6 Å². The van der Waals surface area contributed by atoms with Gasteiger partial charge in [0.15, 0.2) is 0 Å². The first kappa shape index (κ1) is 13.2. The first-order valence-electron chi connectivity index (χ1n) is 6.88. The van der Waals surface area contributed by atoms with Gasteiger partial charge in [-0.2, -0.15) is 0 Å². The fourth-order valence-corrected chi connectivity index (χ4v) is 3.38. The standard InChI is InChI=1S/C15H19ClO3/c1-2-18-13-8-15(17,9-13)7-11-6-12(16)5-10-3-4-19-14(10)11/h5-6,13,17H,2-4,7-9H2,1H3. The van der Waals surface area contributed by atoms with Crippen molar-refractivity contribution in [3.8, 4) is 5.75 Å². The summed E-state index contributed by atoms with van der Waals surface area (Å²) in [5.74, 6) is 0.928. The highest BCUT2D eigenvalue weighted by Crippen LogP contribution is 2.41. The van der Waals surface area contributed by atoms with Gasteiger partial charge < -0.3 is 14.6 Å². The van der Waals surface area contributed by atoms with Crippen LogP contribution >= 0.6 is 11.6 Å². The number of hydrogen-bond donors (Lipinski definition) is 1. The van der Waals surface area contributed by atoms with Crippen molar-refractivity contribution < 1.29 is 14.6 Å². The summed E-state index contributed by atoms with van der Waals surface area (Å²) in [7, 11) is 0. The number of ether oxygens (including phenoxy) is 2. The summed E-state index contributed by atoms with van der Waals surface area (Å²) in [4.78, 5) is 0. The summed E-state index contributed by atoms with van der Waals surface area (Å²) in [5.41, 5.74) is 1.52. The first-order valence-corrected chi connectivity index (χ1v) is 7.25. The van der Waals surface area contributed by atoms with Crippen molar-refractivity contribution >= 4 is 11.6 Å². The highest BCUT2D eigenvalue weighted by molar-refractivity contribution is 6.30. The number of rotatable bonds is 4. The summed E-state index contributed by atoms with van der Waals surface area (Å²) in [5, 5.41) is 11.2. The fraction of sp³-hybridized carbons (Fsp3) is 0.600. The van der Waals surface area contributed by atoms with Crippen molar-refractivity contribution in [2.24, 2.45) is 0 Å². The third kappa shape index (κ3) is 2.60. The Morgan fingerprint density at radius 3 is 3.00 bits per heavy atom. The number of fused-ring (bicyclic) bond motifs is 1. The maximum absolute atomic E-state index is 10.5. The molecule has 0 aromatic heterocycles. The molecule has 0 saturated heterocycles. The highest BCUT2D eigenvalue weighted by atomic mass is 35.5. The van der Waals surface area contributed by atoms with Gasteiger partial charge in [0.2, 0.25) is 0 Å². The molecule has 1 heterocycles. The van der Waals surface area contributed by atoms with E-state index in [-0.39, 0.29) is 6.10 Å². The maximum atomic E-state index is 10.5. The zero-order valence-electron chi connectivity index (χ0n) is 11.1. The van der Waals surface area contributed by atoms with Crippen molar-refractivity contribution in [3.05, 3.63) is 28.3 Å². The Labute approximate surface area is 118 Å². The molecule has 0 amide bonds.